The van der Waals surface area contributed by atoms with Crippen molar-refractivity contribution in [3.8, 4) is 11.8 Å². The summed E-state index contributed by atoms with van der Waals surface area (Å²) in [6.07, 6.45) is -0.514. The van der Waals surface area contributed by atoms with Crippen LogP contribution in [0.5, 0.6) is 0 Å². The van der Waals surface area contributed by atoms with Crippen LogP contribution in [0.25, 0.3) is 0 Å². The minimum atomic E-state index is -4.32. The van der Waals surface area contributed by atoms with Crippen molar-refractivity contribution in [2.45, 2.75) is 43.7 Å². The molecule has 0 amide bonds. The second-order valence-corrected chi connectivity index (χ2v) is 6.16. The lowest BCUT2D eigenvalue weighted by Crippen LogP contribution is -2.47. The molecule has 3 atom stereocenters. The monoisotopic (exact) mass is 351 g/mol. The Morgan fingerprint density at radius 3 is 2.60 bits per heavy atom. The highest BCUT2D eigenvalue weighted by Crippen LogP contribution is 2.34. The third-order valence-electron chi connectivity index (χ3n) is 4.44. The first-order valence-corrected chi connectivity index (χ1v) is 8.24. The molecule has 25 heavy (non-hydrogen) atoms. The number of rotatable bonds is 2. The molecular weight excluding hydrogens is 331 g/mol. The summed E-state index contributed by atoms with van der Waals surface area (Å²) in [6, 6.07) is 5.08. The summed E-state index contributed by atoms with van der Waals surface area (Å²) in [4.78, 5) is 4.16. The van der Waals surface area contributed by atoms with Crippen LogP contribution in [-0.4, -0.2) is 37.8 Å². The van der Waals surface area contributed by atoms with Gasteiger partial charge in [-0.1, -0.05) is 11.8 Å². The van der Waals surface area contributed by atoms with Crippen LogP contribution in [0.4, 0.5) is 13.2 Å². The Balaban J connectivity index is 1.48. The molecule has 2 heterocycles. The molecule has 0 saturated carbocycles. The van der Waals surface area contributed by atoms with Crippen molar-refractivity contribution in [1.29, 1.82) is 0 Å². The Hall–Kier alpha value is -2.20. The number of guanidine groups is 1. The number of ether oxygens (including phenoxy) is 1. The van der Waals surface area contributed by atoms with E-state index in [1.54, 1.807) is 7.05 Å². The van der Waals surface area contributed by atoms with Gasteiger partial charge < -0.3 is 15.4 Å². The van der Waals surface area contributed by atoms with Crippen LogP contribution >= 0.6 is 0 Å². The van der Waals surface area contributed by atoms with E-state index in [4.69, 9.17) is 4.74 Å². The van der Waals surface area contributed by atoms with Gasteiger partial charge in [0.25, 0.3) is 0 Å². The number of benzene rings is 1. The summed E-state index contributed by atoms with van der Waals surface area (Å²) < 4.78 is 43.3. The van der Waals surface area contributed by atoms with Gasteiger partial charge in [-0.3, -0.25) is 4.99 Å². The molecule has 1 aromatic carbocycles. The molecule has 134 valence electrons. The highest BCUT2D eigenvalue weighted by atomic mass is 19.4. The van der Waals surface area contributed by atoms with Crippen LogP contribution in [0, 0.1) is 11.8 Å². The Morgan fingerprint density at radius 2 is 2.04 bits per heavy atom. The average Bonchev–Trinajstić information content (AvgIpc) is 3.20. The van der Waals surface area contributed by atoms with E-state index >= 15 is 0 Å². The first kappa shape index (κ1) is 17.6. The van der Waals surface area contributed by atoms with E-state index in [0.29, 0.717) is 24.2 Å². The fourth-order valence-corrected chi connectivity index (χ4v) is 3.18. The maximum absolute atomic E-state index is 12.5. The molecule has 2 aliphatic rings. The number of nitrogens with one attached hydrogen (secondary N) is 2. The van der Waals surface area contributed by atoms with Crippen LogP contribution in [0.15, 0.2) is 29.3 Å². The first-order chi connectivity index (χ1) is 12.0. The second kappa shape index (κ2) is 7.36. The standard InChI is InChI=1S/C18H20F3N3O/c1-22-17(24-15-11-14-8-9-16(15)25-14)23-10-2-3-12-4-6-13(7-5-12)18(19,20)21/h4-7,14-16H,8-11H2,1H3,(H2,22,23,24). The molecule has 3 unspecified atom stereocenters. The van der Waals surface area contributed by atoms with E-state index in [0.717, 1.165) is 31.4 Å². The van der Waals surface area contributed by atoms with Crippen LogP contribution in [0.1, 0.15) is 30.4 Å². The van der Waals surface area contributed by atoms with Crippen molar-refractivity contribution in [3.05, 3.63) is 35.4 Å². The highest BCUT2D eigenvalue weighted by Gasteiger charge is 2.41. The summed E-state index contributed by atoms with van der Waals surface area (Å²) in [7, 11) is 1.69. The summed E-state index contributed by atoms with van der Waals surface area (Å²) in [6.45, 7) is 0.350. The Morgan fingerprint density at radius 1 is 1.28 bits per heavy atom. The Labute approximate surface area is 144 Å². The number of alkyl halides is 3. The number of aliphatic imine (C=N–C) groups is 1. The van der Waals surface area contributed by atoms with Gasteiger partial charge in [0.2, 0.25) is 0 Å². The van der Waals surface area contributed by atoms with Crippen molar-refractivity contribution in [2.24, 2.45) is 4.99 Å². The van der Waals surface area contributed by atoms with Crippen molar-refractivity contribution >= 4 is 5.96 Å². The SMILES string of the molecule is CN=C(NCC#Cc1ccc(C(F)(F)F)cc1)NC1CC2CCC1O2. The van der Waals surface area contributed by atoms with E-state index in [9.17, 15) is 13.2 Å². The van der Waals surface area contributed by atoms with E-state index in [1.165, 1.54) is 12.1 Å². The van der Waals surface area contributed by atoms with Crippen molar-refractivity contribution < 1.29 is 17.9 Å². The summed E-state index contributed by atoms with van der Waals surface area (Å²) in [5.74, 6) is 6.38. The maximum atomic E-state index is 12.5. The van der Waals surface area contributed by atoms with Crippen molar-refractivity contribution in [3.63, 3.8) is 0 Å². The summed E-state index contributed by atoms with van der Waals surface area (Å²) >= 11 is 0. The quantitative estimate of drug-likeness (QED) is 0.489. The van der Waals surface area contributed by atoms with Gasteiger partial charge in [0.15, 0.2) is 5.96 Å². The van der Waals surface area contributed by atoms with Crippen LogP contribution in [0.3, 0.4) is 0 Å². The largest absolute Gasteiger partial charge is 0.416 e. The molecule has 2 N–H and O–H groups in total. The molecule has 2 fully saturated rings. The number of nitrogens with zero attached hydrogens (tertiary/aromatic N) is 1. The second-order valence-electron chi connectivity index (χ2n) is 6.16. The van der Waals surface area contributed by atoms with Crippen LogP contribution in [0.2, 0.25) is 0 Å². The van der Waals surface area contributed by atoms with Gasteiger partial charge in [0, 0.05) is 12.6 Å². The molecule has 2 aliphatic heterocycles. The Kier molecular flexibility index (Phi) is 5.19. The minimum absolute atomic E-state index is 0.252. The molecule has 0 radical (unpaired) electrons. The van der Waals surface area contributed by atoms with Crippen LogP contribution < -0.4 is 10.6 Å². The van der Waals surface area contributed by atoms with Gasteiger partial charge in [0.05, 0.1) is 30.4 Å². The fraction of sp³-hybridized carbons (Fsp3) is 0.500. The molecule has 1 aromatic rings. The third-order valence-corrected chi connectivity index (χ3v) is 4.44. The molecule has 7 heteroatoms. The molecule has 2 bridgehead atoms. The van der Waals surface area contributed by atoms with Gasteiger partial charge >= 0.3 is 6.18 Å². The zero-order valence-corrected chi connectivity index (χ0v) is 13.9. The van der Waals surface area contributed by atoms with E-state index in [1.807, 2.05) is 0 Å². The van der Waals surface area contributed by atoms with Gasteiger partial charge in [-0.2, -0.15) is 13.2 Å². The zero-order chi connectivity index (χ0) is 17.9. The molecule has 0 spiro atoms. The molecule has 4 nitrogen and oxygen atoms in total. The van der Waals surface area contributed by atoms with Crippen molar-refractivity contribution in [1.82, 2.24) is 10.6 Å². The fourth-order valence-electron chi connectivity index (χ4n) is 3.18. The lowest BCUT2D eigenvalue weighted by molar-refractivity contribution is -0.137. The molecule has 0 aliphatic carbocycles. The number of hydrogen-bond donors (Lipinski definition) is 2. The first-order valence-electron chi connectivity index (χ1n) is 8.24. The number of hydrogen-bond acceptors (Lipinski definition) is 2. The van der Waals surface area contributed by atoms with Gasteiger partial charge in [-0.15, -0.1) is 0 Å². The predicted molar refractivity (Wildman–Crippen MR) is 89.1 cm³/mol. The number of fused-ring (bicyclic) bond motifs is 2. The predicted octanol–water partition coefficient (Wildman–Crippen LogP) is 2.54. The third kappa shape index (κ3) is 4.45. The molecular formula is C18H20F3N3O. The van der Waals surface area contributed by atoms with E-state index in [-0.39, 0.29) is 12.1 Å². The molecule has 3 rings (SSSR count). The minimum Gasteiger partial charge on any atom is -0.373 e. The van der Waals surface area contributed by atoms with Gasteiger partial charge in [-0.25, -0.2) is 0 Å². The topological polar surface area (TPSA) is 45.7 Å². The molecule has 0 aromatic heterocycles. The van der Waals surface area contributed by atoms with Crippen molar-refractivity contribution in [2.75, 3.05) is 13.6 Å². The van der Waals surface area contributed by atoms with Gasteiger partial charge in [-0.05, 0) is 43.5 Å². The average molecular weight is 351 g/mol. The smallest absolute Gasteiger partial charge is 0.373 e. The van der Waals surface area contributed by atoms with E-state index in [2.05, 4.69) is 27.5 Å². The summed E-state index contributed by atoms with van der Waals surface area (Å²) in [5.41, 5.74) is -0.131. The zero-order valence-electron chi connectivity index (χ0n) is 13.9. The lowest BCUT2D eigenvalue weighted by atomic mass is 9.96. The highest BCUT2D eigenvalue weighted by molar-refractivity contribution is 5.80. The Bertz CT molecular complexity index is 688. The van der Waals surface area contributed by atoms with E-state index < -0.39 is 11.7 Å². The van der Waals surface area contributed by atoms with Crippen LogP contribution in [-0.2, 0) is 10.9 Å². The van der Waals surface area contributed by atoms with Gasteiger partial charge in [0.1, 0.15) is 0 Å². The maximum Gasteiger partial charge on any atom is 0.416 e. The number of halogens is 3. The lowest BCUT2D eigenvalue weighted by Gasteiger charge is -2.22. The normalized spacial score (nSPS) is 25.4. The molecule has 2 saturated heterocycles. The summed E-state index contributed by atoms with van der Waals surface area (Å²) in [5, 5.41) is 6.43.